The van der Waals surface area contributed by atoms with E-state index in [1.165, 1.54) is 11.3 Å². The molecular weight excluding hydrogens is 340 g/mol. The van der Waals surface area contributed by atoms with Gasteiger partial charge in [0.2, 0.25) is 0 Å². The van der Waals surface area contributed by atoms with E-state index in [0.29, 0.717) is 23.9 Å². The van der Waals surface area contributed by atoms with Gasteiger partial charge < -0.3 is 15.4 Å². The van der Waals surface area contributed by atoms with Crippen LogP contribution in [0, 0.1) is 17.2 Å². The smallest absolute Gasteiger partial charge is 0.358 e. The Labute approximate surface area is 151 Å². The minimum Gasteiger partial charge on any atom is -0.451 e. The van der Waals surface area contributed by atoms with E-state index in [9.17, 15) is 14.9 Å². The zero-order chi connectivity index (χ0) is 18.3. The molecule has 25 heavy (non-hydrogen) atoms. The third kappa shape index (κ3) is 5.71. The summed E-state index contributed by atoms with van der Waals surface area (Å²) < 4.78 is 5.00. The number of nitrogens with one attached hydrogen (secondary N) is 2. The van der Waals surface area contributed by atoms with Crippen LogP contribution in [0.15, 0.2) is 5.38 Å². The van der Waals surface area contributed by atoms with Crippen LogP contribution in [0.4, 0.5) is 5.13 Å². The molecule has 1 saturated carbocycles. The van der Waals surface area contributed by atoms with Gasteiger partial charge in [0.1, 0.15) is 5.54 Å². The quantitative estimate of drug-likeness (QED) is 0.687. The summed E-state index contributed by atoms with van der Waals surface area (Å²) in [6, 6.07) is 2.17. The van der Waals surface area contributed by atoms with Crippen LogP contribution >= 0.6 is 11.3 Å². The fraction of sp³-hybridized carbons (Fsp3) is 0.647. The third-order valence-electron chi connectivity index (χ3n) is 4.10. The van der Waals surface area contributed by atoms with E-state index in [-0.39, 0.29) is 5.69 Å². The molecule has 8 heteroatoms. The van der Waals surface area contributed by atoms with Crippen LogP contribution in [0.1, 0.15) is 56.4 Å². The summed E-state index contributed by atoms with van der Waals surface area (Å²) in [5, 5.41) is 17.3. The zero-order valence-electron chi connectivity index (χ0n) is 14.6. The summed E-state index contributed by atoms with van der Waals surface area (Å²) in [6.07, 6.45) is 4.12. The number of amides is 1. The van der Waals surface area contributed by atoms with E-state index in [0.717, 1.165) is 25.8 Å². The number of carbonyl (C=O) groups is 2. The molecule has 1 heterocycles. The maximum Gasteiger partial charge on any atom is 0.358 e. The van der Waals surface area contributed by atoms with Crippen molar-refractivity contribution in [3.8, 4) is 6.07 Å². The molecule has 0 aromatic carbocycles. The first-order valence-corrected chi connectivity index (χ1v) is 9.41. The summed E-state index contributed by atoms with van der Waals surface area (Å²) in [7, 11) is 0. The second-order valence-corrected chi connectivity index (χ2v) is 7.53. The van der Waals surface area contributed by atoms with Crippen molar-refractivity contribution in [1.82, 2.24) is 10.3 Å². The monoisotopic (exact) mass is 364 g/mol. The van der Waals surface area contributed by atoms with E-state index in [1.54, 1.807) is 5.38 Å². The van der Waals surface area contributed by atoms with Crippen molar-refractivity contribution in [3.63, 3.8) is 0 Å². The number of nitriles is 1. The van der Waals surface area contributed by atoms with Crippen LogP contribution < -0.4 is 10.6 Å². The minimum absolute atomic E-state index is 0.181. The summed E-state index contributed by atoms with van der Waals surface area (Å²) in [5.41, 5.74) is -0.627. The maximum absolute atomic E-state index is 12.0. The molecule has 1 aliphatic carbocycles. The molecule has 2 rings (SSSR count). The number of ether oxygens (including phenoxy) is 1. The van der Waals surface area contributed by atoms with Gasteiger partial charge in [-0.1, -0.05) is 13.8 Å². The Bertz CT molecular complexity index is 645. The van der Waals surface area contributed by atoms with Crippen LogP contribution in [0.2, 0.25) is 0 Å². The average molecular weight is 364 g/mol. The molecule has 0 atom stereocenters. The van der Waals surface area contributed by atoms with Gasteiger partial charge in [-0.15, -0.1) is 11.3 Å². The lowest BCUT2D eigenvalue weighted by Crippen LogP contribution is -2.46. The Hall–Kier alpha value is -2.14. The number of thiazole rings is 1. The Morgan fingerprint density at radius 1 is 1.44 bits per heavy atom. The molecule has 0 radical (unpaired) electrons. The minimum atomic E-state index is -0.808. The van der Waals surface area contributed by atoms with Crippen LogP contribution in [0.5, 0.6) is 0 Å². The predicted octanol–water partition coefficient (Wildman–Crippen LogP) is 2.71. The van der Waals surface area contributed by atoms with E-state index in [1.807, 2.05) is 0 Å². The van der Waals surface area contributed by atoms with Crippen LogP contribution in [-0.4, -0.2) is 35.6 Å². The molecule has 1 fully saturated rings. The number of hydrogen-bond donors (Lipinski definition) is 2. The molecule has 136 valence electrons. The molecule has 1 aromatic heterocycles. The standard InChI is InChI=1S/C17H24N4O3S/c1-12(2)5-8-19-16-20-13(10-25-16)15(23)24-9-14(22)21-17(11-18)6-3-4-7-17/h10,12H,3-9H2,1-2H3,(H,19,20)(H,21,22). The second-order valence-electron chi connectivity index (χ2n) is 6.67. The summed E-state index contributed by atoms with van der Waals surface area (Å²) in [5.74, 6) is -0.505. The molecule has 0 aliphatic heterocycles. The largest absolute Gasteiger partial charge is 0.451 e. The molecule has 0 saturated heterocycles. The van der Waals surface area contributed by atoms with Crippen molar-refractivity contribution < 1.29 is 14.3 Å². The predicted molar refractivity (Wildman–Crippen MR) is 95.3 cm³/mol. The molecule has 7 nitrogen and oxygen atoms in total. The normalized spacial score (nSPS) is 15.6. The third-order valence-corrected chi connectivity index (χ3v) is 4.90. The summed E-state index contributed by atoms with van der Waals surface area (Å²) in [6.45, 7) is 4.66. The number of anilines is 1. The highest BCUT2D eigenvalue weighted by Crippen LogP contribution is 2.28. The fourth-order valence-electron chi connectivity index (χ4n) is 2.67. The fourth-order valence-corrected chi connectivity index (χ4v) is 3.38. The second kappa shape index (κ2) is 8.81. The van der Waals surface area contributed by atoms with Gasteiger partial charge in [0.15, 0.2) is 17.4 Å². The van der Waals surface area contributed by atoms with Crippen LogP contribution in [0.25, 0.3) is 0 Å². The zero-order valence-corrected chi connectivity index (χ0v) is 15.4. The van der Waals surface area contributed by atoms with Gasteiger partial charge in [-0.05, 0) is 38.0 Å². The molecule has 2 N–H and O–H groups in total. The lowest BCUT2D eigenvalue weighted by Gasteiger charge is -2.21. The Balaban J connectivity index is 1.77. The molecule has 1 aliphatic rings. The Morgan fingerprint density at radius 3 is 2.80 bits per heavy atom. The molecule has 0 unspecified atom stereocenters. The molecule has 1 aromatic rings. The van der Waals surface area contributed by atoms with Crippen molar-refractivity contribution in [3.05, 3.63) is 11.1 Å². The van der Waals surface area contributed by atoms with Gasteiger partial charge in [-0.2, -0.15) is 5.26 Å². The van der Waals surface area contributed by atoms with E-state index >= 15 is 0 Å². The van der Waals surface area contributed by atoms with Gasteiger partial charge in [0.05, 0.1) is 6.07 Å². The summed E-state index contributed by atoms with van der Waals surface area (Å²) >= 11 is 1.33. The highest BCUT2D eigenvalue weighted by atomic mass is 32.1. The van der Waals surface area contributed by atoms with Gasteiger partial charge in [0.25, 0.3) is 5.91 Å². The molecule has 1 amide bonds. The molecule has 0 bridgehead atoms. The highest BCUT2D eigenvalue weighted by molar-refractivity contribution is 7.13. The number of hydrogen-bond acceptors (Lipinski definition) is 7. The van der Waals surface area contributed by atoms with Gasteiger partial charge in [-0.3, -0.25) is 4.79 Å². The number of nitrogens with zero attached hydrogens (tertiary/aromatic N) is 2. The van der Waals surface area contributed by atoms with E-state index < -0.39 is 24.0 Å². The van der Waals surface area contributed by atoms with Crippen LogP contribution in [0.3, 0.4) is 0 Å². The first-order valence-electron chi connectivity index (χ1n) is 8.53. The van der Waals surface area contributed by atoms with Crippen molar-refractivity contribution >= 4 is 28.3 Å². The first-order chi connectivity index (χ1) is 11.9. The number of aromatic nitrogens is 1. The topological polar surface area (TPSA) is 104 Å². The van der Waals surface area contributed by atoms with Crippen molar-refractivity contribution in [2.24, 2.45) is 5.92 Å². The van der Waals surface area contributed by atoms with Gasteiger partial charge >= 0.3 is 5.97 Å². The number of rotatable bonds is 8. The first kappa shape index (κ1) is 19.2. The molecular formula is C17H24N4O3S. The Morgan fingerprint density at radius 2 is 2.16 bits per heavy atom. The lowest BCUT2D eigenvalue weighted by molar-refractivity contribution is -0.125. The average Bonchev–Trinajstić information content (AvgIpc) is 3.22. The van der Waals surface area contributed by atoms with E-state index in [4.69, 9.17) is 4.74 Å². The van der Waals surface area contributed by atoms with Crippen LogP contribution in [-0.2, 0) is 9.53 Å². The van der Waals surface area contributed by atoms with Crippen molar-refractivity contribution in [2.75, 3.05) is 18.5 Å². The Kier molecular flexibility index (Phi) is 6.76. The molecule has 0 spiro atoms. The maximum atomic E-state index is 12.0. The number of esters is 1. The van der Waals surface area contributed by atoms with E-state index in [2.05, 4.69) is 35.5 Å². The number of carbonyl (C=O) groups excluding carboxylic acids is 2. The lowest BCUT2D eigenvalue weighted by atomic mass is 10.00. The van der Waals surface area contributed by atoms with Crippen molar-refractivity contribution in [1.29, 1.82) is 5.26 Å². The highest BCUT2D eigenvalue weighted by Gasteiger charge is 2.35. The van der Waals surface area contributed by atoms with Gasteiger partial charge in [-0.25, -0.2) is 9.78 Å². The van der Waals surface area contributed by atoms with Gasteiger partial charge in [0, 0.05) is 11.9 Å². The SMILES string of the molecule is CC(C)CCNc1nc(C(=O)OCC(=O)NC2(C#N)CCCC2)cs1. The van der Waals surface area contributed by atoms with Crippen molar-refractivity contribution in [2.45, 2.75) is 51.5 Å². The summed E-state index contributed by atoms with van der Waals surface area (Å²) in [4.78, 5) is 28.1.